The summed E-state index contributed by atoms with van der Waals surface area (Å²) in [4.78, 5) is 3.60. The number of hydrogen-bond acceptors (Lipinski definition) is 3. The van der Waals surface area contributed by atoms with Crippen molar-refractivity contribution >= 4 is 23.1 Å². The molecule has 0 N–H and O–H groups in total. The maximum atomic E-state index is 14.2. The molecule has 3 rings (SSSR count). The predicted octanol–water partition coefficient (Wildman–Crippen LogP) is 5.67. The van der Waals surface area contributed by atoms with Gasteiger partial charge in [-0.1, -0.05) is 24.7 Å². The first-order valence-corrected chi connectivity index (χ1v) is 8.88. The Hall–Kier alpha value is -2.54. The molecule has 1 saturated carbocycles. The maximum absolute atomic E-state index is 14.2. The lowest BCUT2D eigenvalue weighted by atomic mass is 10.1. The fourth-order valence-electron chi connectivity index (χ4n) is 2.94. The number of rotatable bonds is 4. The number of thiocarbonyl (C=S) groups is 1. The Morgan fingerprint density at radius 2 is 1.85 bits per heavy atom. The van der Waals surface area contributed by atoms with Gasteiger partial charge in [0.15, 0.2) is 5.82 Å². The second-order valence-electron chi connectivity index (χ2n) is 6.22. The van der Waals surface area contributed by atoms with Crippen molar-refractivity contribution in [2.45, 2.75) is 25.7 Å². The molecule has 132 valence electrons. The predicted molar refractivity (Wildman–Crippen MR) is 101 cm³/mol. The van der Waals surface area contributed by atoms with Crippen molar-refractivity contribution in [1.29, 1.82) is 0 Å². The SMILES string of the molecule is Fc1cc(OCC2CCCC2)ccc1C#Cc1ccc(N=C=S)c(F)c1. The number of hydrogen-bond donors (Lipinski definition) is 0. The number of halogens is 2. The van der Waals surface area contributed by atoms with Crippen LogP contribution in [0.3, 0.4) is 0 Å². The molecule has 26 heavy (non-hydrogen) atoms. The number of isothiocyanates is 1. The third kappa shape index (κ3) is 4.76. The number of ether oxygens (including phenoxy) is 1. The van der Waals surface area contributed by atoms with Crippen LogP contribution in [0.25, 0.3) is 0 Å². The summed E-state index contributed by atoms with van der Waals surface area (Å²) >= 11 is 4.45. The fraction of sp³-hybridized carbons (Fsp3) is 0.286. The van der Waals surface area contributed by atoms with E-state index in [4.69, 9.17) is 4.74 Å². The Morgan fingerprint density at radius 1 is 1.04 bits per heavy atom. The van der Waals surface area contributed by atoms with Crippen molar-refractivity contribution < 1.29 is 13.5 Å². The zero-order chi connectivity index (χ0) is 18.4. The zero-order valence-corrected chi connectivity index (χ0v) is 14.9. The summed E-state index contributed by atoms with van der Waals surface area (Å²) in [6, 6.07) is 8.91. The Labute approximate surface area is 156 Å². The van der Waals surface area contributed by atoms with Crippen LogP contribution in [-0.4, -0.2) is 11.8 Å². The van der Waals surface area contributed by atoms with E-state index in [0.29, 0.717) is 23.8 Å². The molecule has 2 aromatic carbocycles. The van der Waals surface area contributed by atoms with Crippen molar-refractivity contribution in [3.8, 4) is 17.6 Å². The molecule has 0 unspecified atom stereocenters. The molecule has 0 aliphatic heterocycles. The van der Waals surface area contributed by atoms with Gasteiger partial charge in [0.2, 0.25) is 0 Å². The molecule has 0 atom stereocenters. The number of aliphatic imine (C=N–C) groups is 1. The minimum absolute atomic E-state index is 0.0977. The average molecular weight is 369 g/mol. The lowest BCUT2D eigenvalue weighted by Crippen LogP contribution is -2.08. The van der Waals surface area contributed by atoms with Crippen LogP contribution >= 0.6 is 12.2 Å². The third-order valence-electron chi connectivity index (χ3n) is 4.36. The van der Waals surface area contributed by atoms with Crippen molar-refractivity contribution in [3.05, 3.63) is 59.2 Å². The van der Waals surface area contributed by atoms with Gasteiger partial charge in [-0.25, -0.2) is 8.78 Å². The highest BCUT2D eigenvalue weighted by Crippen LogP contribution is 2.26. The number of benzene rings is 2. The Bertz CT molecular complexity index is 904. The van der Waals surface area contributed by atoms with Crippen LogP contribution in [0.15, 0.2) is 41.4 Å². The Kier molecular flexibility index (Phi) is 6.12. The minimum atomic E-state index is -0.551. The topological polar surface area (TPSA) is 21.6 Å². The second kappa shape index (κ2) is 8.71. The summed E-state index contributed by atoms with van der Waals surface area (Å²) in [6.45, 7) is 0.625. The summed E-state index contributed by atoms with van der Waals surface area (Å²) in [5, 5.41) is 2.11. The highest BCUT2D eigenvalue weighted by molar-refractivity contribution is 7.78. The van der Waals surface area contributed by atoms with Crippen LogP contribution in [0, 0.1) is 29.4 Å². The molecule has 1 fully saturated rings. The van der Waals surface area contributed by atoms with Gasteiger partial charge in [-0.15, -0.1) is 0 Å². The van der Waals surface area contributed by atoms with Crippen LogP contribution in [0.4, 0.5) is 14.5 Å². The van der Waals surface area contributed by atoms with Gasteiger partial charge in [0, 0.05) is 11.6 Å². The first kappa shape index (κ1) is 18.3. The molecule has 0 spiro atoms. The molecule has 0 heterocycles. The van der Waals surface area contributed by atoms with E-state index in [1.807, 2.05) is 0 Å². The standard InChI is InChI=1S/C21H17F2NOS/c22-19-12-18(25-13-16-3-1-2-4-16)9-8-17(19)7-5-15-6-10-21(24-14-26)20(23)11-15/h6,8-12,16H,1-4,13H2. The van der Waals surface area contributed by atoms with Crippen LogP contribution in [-0.2, 0) is 0 Å². The molecule has 0 saturated heterocycles. The Balaban J connectivity index is 1.69. The first-order chi connectivity index (χ1) is 12.7. The molecule has 2 nitrogen and oxygen atoms in total. The fourth-order valence-corrected chi connectivity index (χ4v) is 3.04. The van der Waals surface area contributed by atoms with Crippen molar-refractivity contribution in [2.24, 2.45) is 10.9 Å². The normalized spacial score (nSPS) is 13.6. The Morgan fingerprint density at radius 3 is 2.54 bits per heavy atom. The van der Waals surface area contributed by atoms with Crippen LogP contribution in [0.1, 0.15) is 36.8 Å². The molecule has 1 aliphatic rings. The van der Waals surface area contributed by atoms with Crippen LogP contribution in [0.2, 0.25) is 0 Å². The van der Waals surface area contributed by atoms with Crippen LogP contribution < -0.4 is 4.74 Å². The van der Waals surface area contributed by atoms with Crippen molar-refractivity contribution in [1.82, 2.24) is 0 Å². The van der Waals surface area contributed by atoms with Crippen LogP contribution in [0.5, 0.6) is 5.75 Å². The minimum Gasteiger partial charge on any atom is -0.493 e. The lowest BCUT2D eigenvalue weighted by molar-refractivity contribution is 0.251. The molecule has 0 radical (unpaired) electrons. The van der Waals surface area contributed by atoms with Crippen molar-refractivity contribution in [2.75, 3.05) is 6.61 Å². The highest BCUT2D eigenvalue weighted by atomic mass is 32.1. The first-order valence-electron chi connectivity index (χ1n) is 8.47. The van der Waals surface area contributed by atoms with Gasteiger partial charge < -0.3 is 4.74 Å². The van der Waals surface area contributed by atoms with E-state index in [-0.39, 0.29) is 11.3 Å². The molecule has 2 aromatic rings. The van der Waals surface area contributed by atoms with E-state index in [1.54, 1.807) is 18.2 Å². The van der Waals surface area contributed by atoms with E-state index in [2.05, 4.69) is 34.2 Å². The summed E-state index contributed by atoms with van der Waals surface area (Å²) in [5.41, 5.74) is 0.756. The van der Waals surface area contributed by atoms with Gasteiger partial charge in [0.25, 0.3) is 0 Å². The molecular weight excluding hydrogens is 352 g/mol. The molecule has 0 aromatic heterocycles. The summed E-state index contributed by atoms with van der Waals surface area (Å²) in [7, 11) is 0. The summed E-state index contributed by atoms with van der Waals surface area (Å²) < 4.78 is 33.7. The molecular formula is C21H17F2NOS. The molecule has 0 amide bonds. The monoisotopic (exact) mass is 369 g/mol. The van der Waals surface area contributed by atoms with Gasteiger partial charge >= 0.3 is 0 Å². The summed E-state index contributed by atoms with van der Waals surface area (Å²) in [5.74, 6) is 5.54. The van der Waals surface area contributed by atoms with E-state index >= 15 is 0 Å². The van der Waals surface area contributed by atoms with E-state index < -0.39 is 11.6 Å². The van der Waals surface area contributed by atoms with Gasteiger partial charge in [-0.2, -0.15) is 4.99 Å². The van der Waals surface area contributed by atoms with E-state index in [9.17, 15) is 8.78 Å². The number of nitrogens with zero attached hydrogens (tertiary/aromatic N) is 1. The van der Waals surface area contributed by atoms with Gasteiger partial charge in [-0.3, -0.25) is 0 Å². The quantitative estimate of drug-likeness (QED) is 0.394. The zero-order valence-electron chi connectivity index (χ0n) is 14.1. The average Bonchev–Trinajstić information content (AvgIpc) is 3.15. The molecule has 5 heteroatoms. The van der Waals surface area contributed by atoms with Gasteiger partial charge in [-0.05, 0) is 61.3 Å². The van der Waals surface area contributed by atoms with Crippen molar-refractivity contribution in [3.63, 3.8) is 0 Å². The largest absolute Gasteiger partial charge is 0.493 e. The molecule has 1 aliphatic carbocycles. The summed E-state index contributed by atoms with van der Waals surface area (Å²) in [6.07, 6.45) is 4.85. The highest BCUT2D eigenvalue weighted by Gasteiger charge is 2.15. The van der Waals surface area contributed by atoms with E-state index in [0.717, 1.165) is 0 Å². The van der Waals surface area contributed by atoms with Gasteiger partial charge in [0.1, 0.15) is 17.3 Å². The third-order valence-corrected chi connectivity index (χ3v) is 4.45. The van der Waals surface area contributed by atoms with E-state index in [1.165, 1.54) is 43.9 Å². The molecule has 0 bridgehead atoms. The van der Waals surface area contributed by atoms with Gasteiger partial charge in [0.05, 0.1) is 17.3 Å². The second-order valence-corrected chi connectivity index (χ2v) is 6.40. The smallest absolute Gasteiger partial charge is 0.150 e. The maximum Gasteiger partial charge on any atom is 0.150 e. The lowest BCUT2D eigenvalue weighted by Gasteiger charge is -2.11.